The molecule has 8 heteroatoms. The fourth-order valence-electron chi connectivity index (χ4n) is 1.31. The third kappa shape index (κ3) is 4.19. The fraction of sp³-hybridized carbons (Fsp3) is 0.182. The number of nitrogen functional groups attached to an aromatic ring is 1. The summed E-state index contributed by atoms with van der Waals surface area (Å²) >= 11 is 6.00. The number of halogens is 1. The Balaban J connectivity index is 1.90. The molecule has 0 saturated heterocycles. The van der Waals surface area contributed by atoms with E-state index in [1.165, 1.54) is 23.1 Å². The second-order valence-electron chi connectivity index (χ2n) is 3.73. The van der Waals surface area contributed by atoms with E-state index in [4.69, 9.17) is 5.73 Å². The summed E-state index contributed by atoms with van der Waals surface area (Å²) in [5.41, 5.74) is 7.35. The van der Waals surface area contributed by atoms with E-state index >= 15 is 0 Å². The minimum atomic E-state index is -0.0941. The van der Waals surface area contributed by atoms with Crippen LogP contribution < -0.4 is 11.1 Å². The molecular weight excluding hydrogens is 348 g/mol. The number of carbonyl (C=O) groups excluding carboxylic acids is 1. The number of aromatic nitrogens is 2. The highest BCUT2D eigenvalue weighted by Gasteiger charge is 2.08. The molecule has 0 radical (unpaired) electrons. The van der Waals surface area contributed by atoms with Crippen LogP contribution in [0.15, 0.2) is 27.0 Å². The van der Waals surface area contributed by atoms with E-state index in [2.05, 4.69) is 31.4 Å². The number of hydrogen-bond acceptors (Lipinski definition) is 6. The van der Waals surface area contributed by atoms with Crippen LogP contribution in [0.2, 0.25) is 0 Å². The minimum absolute atomic E-state index is 0.0941. The van der Waals surface area contributed by atoms with Gasteiger partial charge in [0.2, 0.25) is 11.0 Å². The number of carbonyl (C=O) groups is 1. The Morgan fingerprint density at radius 1 is 1.53 bits per heavy atom. The molecule has 3 N–H and O–H groups in total. The third-order valence-corrected chi connectivity index (χ3v) is 4.69. The molecule has 1 heterocycles. The van der Waals surface area contributed by atoms with Gasteiger partial charge in [0.25, 0.3) is 0 Å². The maximum absolute atomic E-state index is 11.8. The Bertz CT molecular complexity index is 602. The molecule has 1 aromatic heterocycles. The maximum Gasteiger partial charge on any atom is 0.234 e. The van der Waals surface area contributed by atoms with Crippen molar-refractivity contribution >= 4 is 55.8 Å². The topological polar surface area (TPSA) is 80.9 Å². The van der Waals surface area contributed by atoms with E-state index in [0.717, 1.165) is 15.7 Å². The molecule has 0 unspecified atom stereocenters. The number of thioether (sulfide) groups is 1. The normalized spacial score (nSPS) is 10.4. The summed E-state index contributed by atoms with van der Waals surface area (Å²) in [7, 11) is 0. The molecule has 0 spiro atoms. The van der Waals surface area contributed by atoms with Gasteiger partial charge in [0.15, 0.2) is 4.34 Å². The molecule has 0 aliphatic carbocycles. The lowest BCUT2D eigenvalue weighted by molar-refractivity contribution is -0.113. The Morgan fingerprint density at radius 3 is 2.95 bits per heavy atom. The SMILES string of the molecule is Cc1ccc(NC(=O)CSc2nnc(N)s2)c(Br)c1. The molecule has 0 fully saturated rings. The highest BCUT2D eigenvalue weighted by Crippen LogP contribution is 2.25. The van der Waals surface area contributed by atoms with Crippen molar-refractivity contribution in [2.24, 2.45) is 0 Å². The number of nitrogens with zero attached hydrogens (tertiary/aromatic N) is 2. The van der Waals surface area contributed by atoms with Gasteiger partial charge in [0.05, 0.1) is 11.4 Å². The molecule has 1 aromatic carbocycles. The highest BCUT2D eigenvalue weighted by molar-refractivity contribution is 9.10. The molecular formula is C11H11BrN4OS2. The highest BCUT2D eigenvalue weighted by atomic mass is 79.9. The van der Waals surface area contributed by atoms with Crippen molar-refractivity contribution in [1.29, 1.82) is 0 Å². The van der Waals surface area contributed by atoms with Gasteiger partial charge in [-0.2, -0.15) is 0 Å². The Labute approximate surface area is 127 Å². The first-order valence-electron chi connectivity index (χ1n) is 5.32. The van der Waals surface area contributed by atoms with Crippen molar-refractivity contribution in [2.75, 3.05) is 16.8 Å². The largest absolute Gasteiger partial charge is 0.374 e. The van der Waals surface area contributed by atoms with Crippen molar-refractivity contribution < 1.29 is 4.79 Å². The standard InChI is InChI=1S/C11H11BrN4OS2/c1-6-2-3-8(7(12)4-6)14-9(17)5-18-11-16-15-10(13)19-11/h2-4H,5H2,1H3,(H2,13,15)(H,14,17). The number of rotatable bonds is 4. The third-order valence-electron chi connectivity index (χ3n) is 2.15. The first kappa shape index (κ1) is 14.3. The lowest BCUT2D eigenvalue weighted by Crippen LogP contribution is -2.14. The van der Waals surface area contributed by atoms with E-state index in [9.17, 15) is 4.79 Å². The number of aryl methyl sites for hydroxylation is 1. The first-order chi connectivity index (χ1) is 9.04. The maximum atomic E-state index is 11.8. The minimum Gasteiger partial charge on any atom is -0.374 e. The molecule has 0 aliphatic heterocycles. The Hall–Kier alpha value is -1.12. The van der Waals surface area contributed by atoms with E-state index < -0.39 is 0 Å². The molecule has 5 nitrogen and oxygen atoms in total. The molecule has 2 rings (SSSR count). The quantitative estimate of drug-likeness (QED) is 0.821. The molecule has 100 valence electrons. The van der Waals surface area contributed by atoms with E-state index in [1.54, 1.807) is 0 Å². The average molecular weight is 359 g/mol. The number of nitrogens with one attached hydrogen (secondary N) is 1. The number of hydrogen-bond donors (Lipinski definition) is 2. The summed E-state index contributed by atoms with van der Waals surface area (Å²) in [6.45, 7) is 1.99. The van der Waals surface area contributed by atoms with Crippen LogP contribution in [0.25, 0.3) is 0 Å². The summed E-state index contributed by atoms with van der Waals surface area (Å²) in [4.78, 5) is 11.8. The number of benzene rings is 1. The van der Waals surface area contributed by atoms with Gasteiger partial charge in [-0.15, -0.1) is 10.2 Å². The first-order valence-corrected chi connectivity index (χ1v) is 7.92. The summed E-state index contributed by atoms with van der Waals surface area (Å²) in [5, 5.41) is 10.8. The second kappa shape index (κ2) is 6.36. The van der Waals surface area contributed by atoms with Gasteiger partial charge in [0.1, 0.15) is 0 Å². The zero-order chi connectivity index (χ0) is 13.8. The van der Waals surface area contributed by atoms with Gasteiger partial charge in [-0.25, -0.2) is 0 Å². The van der Waals surface area contributed by atoms with Gasteiger partial charge in [-0.05, 0) is 40.5 Å². The zero-order valence-corrected chi connectivity index (χ0v) is 13.2. The van der Waals surface area contributed by atoms with Crippen LogP contribution in [0.5, 0.6) is 0 Å². The zero-order valence-electron chi connectivity index (χ0n) is 10.0. The van der Waals surface area contributed by atoms with Crippen LogP contribution in [-0.4, -0.2) is 21.9 Å². The number of anilines is 2. The Kier molecular flexibility index (Phi) is 4.78. The van der Waals surface area contributed by atoms with Crippen LogP contribution in [0.3, 0.4) is 0 Å². The molecule has 19 heavy (non-hydrogen) atoms. The van der Waals surface area contributed by atoms with Gasteiger partial charge in [0, 0.05) is 4.47 Å². The van der Waals surface area contributed by atoms with Crippen LogP contribution in [-0.2, 0) is 4.79 Å². The molecule has 0 atom stereocenters. The van der Waals surface area contributed by atoms with Crippen molar-refractivity contribution in [2.45, 2.75) is 11.3 Å². The predicted molar refractivity (Wildman–Crippen MR) is 82.6 cm³/mol. The van der Waals surface area contributed by atoms with Crippen molar-refractivity contribution in [1.82, 2.24) is 10.2 Å². The molecule has 1 amide bonds. The molecule has 0 aliphatic rings. The van der Waals surface area contributed by atoms with Crippen LogP contribution in [0.1, 0.15) is 5.56 Å². The van der Waals surface area contributed by atoms with E-state index in [-0.39, 0.29) is 11.7 Å². The number of nitrogens with two attached hydrogens (primary N) is 1. The van der Waals surface area contributed by atoms with Crippen molar-refractivity contribution in [3.8, 4) is 0 Å². The van der Waals surface area contributed by atoms with Crippen molar-refractivity contribution in [3.63, 3.8) is 0 Å². The van der Waals surface area contributed by atoms with Crippen LogP contribution in [0.4, 0.5) is 10.8 Å². The predicted octanol–water partition coefficient (Wildman–Crippen LogP) is 2.92. The average Bonchev–Trinajstić information content (AvgIpc) is 2.76. The van der Waals surface area contributed by atoms with Crippen LogP contribution >= 0.6 is 39.0 Å². The second-order valence-corrected chi connectivity index (χ2v) is 6.81. The van der Waals surface area contributed by atoms with Crippen molar-refractivity contribution in [3.05, 3.63) is 28.2 Å². The van der Waals surface area contributed by atoms with Gasteiger partial charge in [-0.3, -0.25) is 4.79 Å². The molecule has 0 bridgehead atoms. The fourth-order valence-corrected chi connectivity index (χ4v) is 3.34. The molecule has 0 saturated carbocycles. The summed E-state index contributed by atoms with van der Waals surface area (Å²) in [5.74, 6) is 0.179. The van der Waals surface area contributed by atoms with E-state index in [1.807, 2.05) is 25.1 Å². The summed E-state index contributed by atoms with van der Waals surface area (Å²) in [6.07, 6.45) is 0. The molecule has 2 aromatic rings. The monoisotopic (exact) mass is 358 g/mol. The summed E-state index contributed by atoms with van der Waals surface area (Å²) in [6, 6.07) is 5.76. The lowest BCUT2D eigenvalue weighted by Gasteiger charge is -2.07. The smallest absolute Gasteiger partial charge is 0.234 e. The lowest BCUT2D eigenvalue weighted by atomic mass is 10.2. The van der Waals surface area contributed by atoms with Crippen LogP contribution in [0, 0.1) is 6.92 Å². The van der Waals surface area contributed by atoms with Gasteiger partial charge in [-0.1, -0.05) is 29.2 Å². The summed E-state index contributed by atoms with van der Waals surface area (Å²) < 4.78 is 1.56. The van der Waals surface area contributed by atoms with Gasteiger partial charge >= 0.3 is 0 Å². The van der Waals surface area contributed by atoms with E-state index in [0.29, 0.717) is 9.47 Å². The number of amides is 1. The Morgan fingerprint density at radius 2 is 2.32 bits per heavy atom. The van der Waals surface area contributed by atoms with Gasteiger partial charge < -0.3 is 11.1 Å².